The second kappa shape index (κ2) is 8.14. The zero-order valence-corrected chi connectivity index (χ0v) is 15.1. The first-order valence-electron chi connectivity index (χ1n) is 8.22. The van der Waals surface area contributed by atoms with Crippen LogP contribution in [0.2, 0.25) is 0 Å². The highest BCUT2D eigenvalue weighted by Crippen LogP contribution is 2.21. The van der Waals surface area contributed by atoms with Gasteiger partial charge in [-0.3, -0.25) is 4.79 Å². The van der Waals surface area contributed by atoms with E-state index in [0.717, 1.165) is 11.1 Å². The molecule has 1 aromatic rings. The number of carbonyl (C=O) groups is 2. The normalized spacial score (nSPS) is 12.8. The molecule has 0 spiro atoms. The summed E-state index contributed by atoms with van der Waals surface area (Å²) in [6.07, 6.45) is 0.547. The molecule has 1 aromatic carbocycles. The quantitative estimate of drug-likeness (QED) is 0.774. The molecule has 4 heteroatoms. The molecule has 1 rings (SSSR count). The van der Waals surface area contributed by atoms with E-state index in [1.165, 1.54) is 0 Å². The van der Waals surface area contributed by atoms with E-state index in [1.807, 2.05) is 52.0 Å². The zero-order valence-electron chi connectivity index (χ0n) is 15.1. The number of amides is 1. The molecule has 0 aliphatic carbocycles. The summed E-state index contributed by atoms with van der Waals surface area (Å²) < 4.78 is 5.22. The predicted molar refractivity (Wildman–Crippen MR) is 92.9 cm³/mol. The summed E-state index contributed by atoms with van der Waals surface area (Å²) in [4.78, 5) is 24.2. The summed E-state index contributed by atoms with van der Waals surface area (Å²) >= 11 is 0. The van der Waals surface area contributed by atoms with Gasteiger partial charge < -0.3 is 10.1 Å². The molecule has 1 atom stereocenters. The van der Waals surface area contributed by atoms with Crippen molar-refractivity contribution in [3.63, 3.8) is 0 Å². The van der Waals surface area contributed by atoms with Gasteiger partial charge in [-0.25, -0.2) is 4.79 Å². The summed E-state index contributed by atoms with van der Waals surface area (Å²) in [5.74, 6) is 0.430. The Kier molecular flexibility index (Phi) is 6.79. The molecule has 0 heterocycles. The van der Waals surface area contributed by atoms with E-state index in [1.54, 1.807) is 0 Å². The van der Waals surface area contributed by atoms with Gasteiger partial charge in [-0.1, -0.05) is 38.1 Å². The minimum atomic E-state index is -0.518. The van der Waals surface area contributed by atoms with Crippen molar-refractivity contribution in [2.24, 2.45) is 0 Å². The Morgan fingerprint density at radius 3 is 2.30 bits per heavy atom. The van der Waals surface area contributed by atoms with Gasteiger partial charge in [0, 0.05) is 18.0 Å². The van der Waals surface area contributed by atoms with Crippen molar-refractivity contribution in [3.8, 4) is 0 Å². The molecule has 0 aliphatic heterocycles. The van der Waals surface area contributed by atoms with Gasteiger partial charge in [0.1, 0.15) is 5.60 Å². The fourth-order valence-corrected chi connectivity index (χ4v) is 2.32. The van der Waals surface area contributed by atoms with Crippen molar-refractivity contribution in [2.45, 2.75) is 71.9 Å². The van der Waals surface area contributed by atoms with Gasteiger partial charge in [0.2, 0.25) is 0 Å². The lowest BCUT2D eigenvalue weighted by Crippen LogP contribution is -2.37. The molecule has 1 amide bonds. The molecule has 0 saturated heterocycles. The summed E-state index contributed by atoms with van der Waals surface area (Å²) in [5, 5.41) is 2.77. The minimum Gasteiger partial charge on any atom is -0.444 e. The third kappa shape index (κ3) is 6.85. The molecule has 1 N–H and O–H groups in total. The monoisotopic (exact) mass is 319 g/mol. The van der Waals surface area contributed by atoms with Crippen LogP contribution in [0.1, 0.15) is 76.2 Å². The highest BCUT2D eigenvalue weighted by atomic mass is 16.6. The largest absolute Gasteiger partial charge is 0.444 e. The Bertz CT molecular complexity index is 544. The van der Waals surface area contributed by atoms with Crippen molar-refractivity contribution in [2.75, 3.05) is 0 Å². The van der Waals surface area contributed by atoms with Gasteiger partial charge in [-0.15, -0.1) is 0 Å². The summed E-state index contributed by atoms with van der Waals surface area (Å²) in [7, 11) is 0. The molecule has 0 aromatic heterocycles. The topological polar surface area (TPSA) is 55.4 Å². The maximum atomic E-state index is 12.4. The van der Waals surface area contributed by atoms with Crippen molar-refractivity contribution in [1.29, 1.82) is 0 Å². The van der Waals surface area contributed by atoms with Crippen LogP contribution in [0.3, 0.4) is 0 Å². The minimum absolute atomic E-state index is 0.111. The van der Waals surface area contributed by atoms with Crippen LogP contribution >= 0.6 is 0 Å². The Hall–Kier alpha value is -1.84. The van der Waals surface area contributed by atoms with E-state index >= 15 is 0 Å². The third-order valence-corrected chi connectivity index (χ3v) is 3.45. The molecule has 0 fully saturated rings. The zero-order chi connectivity index (χ0) is 17.6. The highest BCUT2D eigenvalue weighted by molar-refractivity contribution is 5.97. The maximum Gasteiger partial charge on any atom is 0.407 e. The van der Waals surface area contributed by atoms with E-state index in [0.29, 0.717) is 18.8 Å². The van der Waals surface area contributed by atoms with Crippen LogP contribution < -0.4 is 5.32 Å². The number of ether oxygens (including phenoxy) is 1. The molecular formula is C19H29NO3. The number of carbonyl (C=O) groups excluding carboxylic acids is 2. The summed E-state index contributed by atoms with van der Waals surface area (Å²) in [5.41, 5.74) is 1.34. The molecule has 0 radical (unpaired) electrons. The molecule has 0 bridgehead atoms. The first-order valence-corrected chi connectivity index (χ1v) is 8.22. The maximum absolute atomic E-state index is 12.4. The molecule has 0 saturated carbocycles. The van der Waals surface area contributed by atoms with Gasteiger partial charge in [0.25, 0.3) is 0 Å². The standard InChI is InChI=1S/C19H29NO3/c1-13(2)15-9-7-8-10-16(15)17(21)12-11-14(3)20-18(22)23-19(4,5)6/h7-10,13-14H,11-12H2,1-6H3,(H,20,22)/t14-/m1/s1. The number of alkyl carbamates (subject to hydrolysis) is 1. The van der Waals surface area contributed by atoms with Crippen LogP contribution in [0.15, 0.2) is 24.3 Å². The Balaban J connectivity index is 2.55. The Morgan fingerprint density at radius 2 is 1.74 bits per heavy atom. The summed E-state index contributed by atoms with van der Waals surface area (Å²) in [6, 6.07) is 7.62. The van der Waals surface area contributed by atoms with Crippen LogP contribution in [0.4, 0.5) is 4.79 Å². The van der Waals surface area contributed by atoms with E-state index in [9.17, 15) is 9.59 Å². The SMILES string of the molecule is CC(C)c1ccccc1C(=O)CC[C@@H](C)NC(=O)OC(C)(C)C. The van der Waals surface area contributed by atoms with Crippen LogP contribution in [-0.2, 0) is 4.74 Å². The van der Waals surface area contributed by atoms with E-state index < -0.39 is 11.7 Å². The lowest BCUT2D eigenvalue weighted by atomic mass is 9.93. The van der Waals surface area contributed by atoms with E-state index in [4.69, 9.17) is 4.74 Å². The second-order valence-corrected chi connectivity index (χ2v) is 7.25. The third-order valence-electron chi connectivity index (χ3n) is 3.45. The van der Waals surface area contributed by atoms with Crippen LogP contribution in [0, 0.1) is 0 Å². The number of hydrogen-bond acceptors (Lipinski definition) is 3. The van der Waals surface area contributed by atoms with E-state index in [2.05, 4.69) is 19.2 Å². The molecule has 23 heavy (non-hydrogen) atoms. The Morgan fingerprint density at radius 1 is 1.13 bits per heavy atom. The number of hydrogen-bond donors (Lipinski definition) is 1. The van der Waals surface area contributed by atoms with Gasteiger partial charge in [-0.05, 0) is 45.6 Å². The lowest BCUT2D eigenvalue weighted by molar-refractivity contribution is 0.0504. The molecule has 0 aliphatic rings. The van der Waals surface area contributed by atoms with Crippen LogP contribution in [-0.4, -0.2) is 23.5 Å². The van der Waals surface area contributed by atoms with Crippen molar-refractivity contribution < 1.29 is 14.3 Å². The predicted octanol–water partition coefficient (Wildman–Crippen LogP) is 4.69. The average molecular weight is 319 g/mol. The van der Waals surface area contributed by atoms with E-state index in [-0.39, 0.29) is 11.8 Å². The first kappa shape index (κ1) is 19.2. The highest BCUT2D eigenvalue weighted by Gasteiger charge is 2.19. The first-order chi connectivity index (χ1) is 10.6. The van der Waals surface area contributed by atoms with Crippen molar-refractivity contribution >= 4 is 11.9 Å². The van der Waals surface area contributed by atoms with Gasteiger partial charge in [0.15, 0.2) is 5.78 Å². The van der Waals surface area contributed by atoms with Crippen LogP contribution in [0.25, 0.3) is 0 Å². The number of ketones is 1. The molecule has 4 nitrogen and oxygen atoms in total. The molecule has 0 unspecified atom stereocenters. The number of benzene rings is 1. The van der Waals surface area contributed by atoms with Gasteiger partial charge >= 0.3 is 6.09 Å². The lowest BCUT2D eigenvalue weighted by Gasteiger charge is -2.22. The smallest absolute Gasteiger partial charge is 0.407 e. The average Bonchev–Trinajstić information content (AvgIpc) is 2.42. The van der Waals surface area contributed by atoms with Crippen molar-refractivity contribution in [1.82, 2.24) is 5.32 Å². The fraction of sp³-hybridized carbons (Fsp3) is 0.579. The Labute approximate surface area is 139 Å². The molecular weight excluding hydrogens is 290 g/mol. The second-order valence-electron chi connectivity index (χ2n) is 7.25. The van der Waals surface area contributed by atoms with Gasteiger partial charge in [0.05, 0.1) is 0 Å². The van der Waals surface area contributed by atoms with Crippen LogP contribution in [0.5, 0.6) is 0 Å². The van der Waals surface area contributed by atoms with Gasteiger partial charge in [-0.2, -0.15) is 0 Å². The number of Topliss-reactive ketones (excluding diaryl/α,β-unsaturated/α-hetero) is 1. The van der Waals surface area contributed by atoms with Crippen molar-refractivity contribution in [3.05, 3.63) is 35.4 Å². The number of rotatable bonds is 6. The molecule has 128 valence electrons. The fourth-order valence-electron chi connectivity index (χ4n) is 2.32. The number of nitrogens with one attached hydrogen (secondary N) is 1. The summed E-state index contributed by atoms with van der Waals surface area (Å²) in [6.45, 7) is 11.5.